The van der Waals surface area contributed by atoms with Crippen molar-refractivity contribution in [3.05, 3.63) is 23.8 Å². The smallest absolute Gasteiger partial charge is 0.128 e. The molecule has 0 amide bonds. The first-order valence-electron chi connectivity index (χ1n) is 6.86. The molecule has 3 nitrogen and oxygen atoms in total. The van der Waals surface area contributed by atoms with Gasteiger partial charge in [-0.2, -0.15) is 0 Å². The molecule has 0 heterocycles. The maximum Gasteiger partial charge on any atom is 0.128 e. The van der Waals surface area contributed by atoms with Crippen LogP contribution in [0.4, 0.5) is 0 Å². The lowest BCUT2D eigenvalue weighted by Crippen LogP contribution is -2.37. The fraction of sp³-hybridized carbons (Fsp3) is 0.625. The molecule has 0 saturated heterocycles. The molecule has 0 bridgehead atoms. The van der Waals surface area contributed by atoms with Crippen molar-refractivity contribution in [2.45, 2.75) is 45.1 Å². The predicted octanol–water partition coefficient (Wildman–Crippen LogP) is 3.49. The highest BCUT2D eigenvalue weighted by molar-refractivity contribution is 5.49. The van der Waals surface area contributed by atoms with E-state index in [4.69, 9.17) is 9.47 Å². The van der Waals surface area contributed by atoms with Crippen molar-refractivity contribution in [2.24, 2.45) is 5.41 Å². The van der Waals surface area contributed by atoms with Crippen LogP contribution in [0, 0.1) is 5.41 Å². The van der Waals surface area contributed by atoms with E-state index in [2.05, 4.69) is 13.8 Å². The van der Waals surface area contributed by atoms with Crippen LogP contribution in [0.5, 0.6) is 11.5 Å². The van der Waals surface area contributed by atoms with Crippen LogP contribution in [-0.4, -0.2) is 19.3 Å². The highest BCUT2D eigenvalue weighted by atomic mass is 16.5. The van der Waals surface area contributed by atoms with Gasteiger partial charge in [0.15, 0.2) is 0 Å². The Labute approximate surface area is 115 Å². The van der Waals surface area contributed by atoms with E-state index in [1.54, 1.807) is 14.2 Å². The molecule has 1 aliphatic rings. The molecular formula is C16H24O3. The average Bonchev–Trinajstić information content (AvgIpc) is 2.36. The molecule has 1 fully saturated rings. The van der Waals surface area contributed by atoms with Gasteiger partial charge in [0.1, 0.15) is 11.5 Å². The fourth-order valence-electron chi connectivity index (χ4n) is 3.35. The first-order chi connectivity index (χ1) is 8.92. The summed E-state index contributed by atoms with van der Waals surface area (Å²) in [7, 11) is 3.27. The van der Waals surface area contributed by atoms with Crippen molar-refractivity contribution >= 4 is 0 Å². The van der Waals surface area contributed by atoms with Gasteiger partial charge in [-0.25, -0.2) is 0 Å². The summed E-state index contributed by atoms with van der Waals surface area (Å²) in [6, 6.07) is 5.66. The summed E-state index contributed by atoms with van der Waals surface area (Å²) in [5.74, 6) is 1.42. The van der Waals surface area contributed by atoms with Crippen LogP contribution in [0.25, 0.3) is 0 Å². The molecule has 1 aromatic carbocycles. The van der Waals surface area contributed by atoms with Crippen molar-refractivity contribution in [1.29, 1.82) is 0 Å². The molecule has 1 aromatic rings. The van der Waals surface area contributed by atoms with Gasteiger partial charge in [0, 0.05) is 0 Å². The second-order valence-corrected chi connectivity index (χ2v) is 6.26. The van der Waals surface area contributed by atoms with E-state index in [1.165, 1.54) is 0 Å². The van der Waals surface area contributed by atoms with Crippen molar-refractivity contribution in [2.75, 3.05) is 14.2 Å². The molecule has 0 spiro atoms. The number of aliphatic hydroxyl groups is 1. The molecule has 0 radical (unpaired) electrons. The van der Waals surface area contributed by atoms with Crippen LogP contribution in [-0.2, 0) is 5.60 Å². The van der Waals surface area contributed by atoms with Gasteiger partial charge < -0.3 is 14.6 Å². The summed E-state index contributed by atoms with van der Waals surface area (Å²) >= 11 is 0. The summed E-state index contributed by atoms with van der Waals surface area (Å²) in [5, 5.41) is 11.1. The molecule has 1 N–H and O–H groups in total. The second kappa shape index (κ2) is 5.04. The average molecular weight is 264 g/mol. The molecular weight excluding hydrogens is 240 g/mol. The maximum absolute atomic E-state index is 11.1. The van der Waals surface area contributed by atoms with Gasteiger partial charge in [-0.15, -0.1) is 0 Å². The zero-order valence-electron chi connectivity index (χ0n) is 12.3. The lowest BCUT2D eigenvalue weighted by molar-refractivity contribution is -0.0468. The fourth-order valence-corrected chi connectivity index (χ4v) is 3.35. The van der Waals surface area contributed by atoms with Crippen LogP contribution in [0.1, 0.15) is 45.1 Å². The molecule has 1 unspecified atom stereocenters. The Hall–Kier alpha value is -1.22. The summed E-state index contributed by atoms with van der Waals surface area (Å²) in [6.45, 7) is 4.41. The van der Waals surface area contributed by atoms with Gasteiger partial charge in [0.25, 0.3) is 0 Å². The predicted molar refractivity (Wildman–Crippen MR) is 75.7 cm³/mol. The van der Waals surface area contributed by atoms with Gasteiger partial charge in [-0.1, -0.05) is 19.9 Å². The minimum Gasteiger partial charge on any atom is -0.496 e. The van der Waals surface area contributed by atoms with Crippen molar-refractivity contribution < 1.29 is 14.6 Å². The Kier molecular flexibility index (Phi) is 3.77. The molecule has 3 heteroatoms. The van der Waals surface area contributed by atoms with Crippen molar-refractivity contribution in [3.63, 3.8) is 0 Å². The van der Waals surface area contributed by atoms with E-state index in [0.29, 0.717) is 11.5 Å². The molecule has 1 aliphatic carbocycles. The Morgan fingerprint density at radius 1 is 1.05 bits per heavy atom. The third kappa shape index (κ3) is 2.71. The van der Waals surface area contributed by atoms with E-state index in [9.17, 15) is 5.11 Å². The Balaban J connectivity index is 2.50. The third-order valence-electron chi connectivity index (χ3n) is 4.11. The van der Waals surface area contributed by atoms with E-state index >= 15 is 0 Å². The largest absolute Gasteiger partial charge is 0.496 e. The molecule has 0 aromatic heterocycles. The number of methoxy groups -OCH3 is 2. The van der Waals surface area contributed by atoms with E-state index < -0.39 is 5.60 Å². The van der Waals surface area contributed by atoms with Crippen LogP contribution >= 0.6 is 0 Å². The van der Waals surface area contributed by atoms with Gasteiger partial charge in [-0.05, 0) is 43.2 Å². The van der Waals surface area contributed by atoms with Gasteiger partial charge in [0.2, 0.25) is 0 Å². The standard InChI is InChI=1S/C16H24O3/c1-15(2)9-6-10-16(17,11-15)14-12(18-3)7-5-8-13(14)19-4/h5,7-8,17H,6,9-11H2,1-4H3. The Bertz CT molecular complexity index is 431. The number of benzene rings is 1. The van der Waals surface area contributed by atoms with Crippen LogP contribution in [0.3, 0.4) is 0 Å². The molecule has 0 aliphatic heterocycles. The minimum absolute atomic E-state index is 0.138. The topological polar surface area (TPSA) is 38.7 Å². The Morgan fingerprint density at radius 3 is 2.11 bits per heavy atom. The summed E-state index contributed by atoms with van der Waals surface area (Å²) in [5.41, 5.74) is 0.0752. The monoisotopic (exact) mass is 264 g/mol. The number of hydrogen-bond acceptors (Lipinski definition) is 3. The van der Waals surface area contributed by atoms with Crippen LogP contribution < -0.4 is 9.47 Å². The van der Waals surface area contributed by atoms with E-state index in [-0.39, 0.29) is 5.41 Å². The van der Waals surface area contributed by atoms with E-state index in [1.807, 2.05) is 18.2 Å². The van der Waals surface area contributed by atoms with Gasteiger partial charge >= 0.3 is 0 Å². The highest BCUT2D eigenvalue weighted by Gasteiger charge is 2.43. The molecule has 106 valence electrons. The SMILES string of the molecule is COc1cccc(OC)c1C1(O)CCCC(C)(C)C1. The van der Waals surface area contributed by atoms with E-state index in [0.717, 1.165) is 31.2 Å². The lowest BCUT2D eigenvalue weighted by atomic mass is 9.67. The van der Waals surface area contributed by atoms with Crippen molar-refractivity contribution in [3.8, 4) is 11.5 Å². The third-order valence-corrected chi connectivity index (χ3v) is 4.11. The zero-order valence-corrected chi connectivity index (χ0v) is 12.3. The molecule has 1 saturated carbocycles. The van der Waals surface area contributed by atoms with Crippen LogP contribution in [0.15, 0.2) is 18.2 Å². The molecule has 2 rings (SSSR count). The first-order valence-corrected chi connectivity index (χ1v) is 6.86. The maximum atomic E-state index is 11.1. The minimum atomic E-state index is -0.861. The summed E-state index contributed by atoms with van der Waals surface area (Å²) in [6.07, 6.45) is 3.65. The first kappa shape index (κ1) is 14.2. The van der Waals surface area contributed by atoms with Crippen LogP contribution in [0.2, 0.25) is 0 Å². The van der Waals surface area contributed by atoms with Crippen molar-refractivity contribution in [1.82, 2.24) is 0 Å². The number of rotatable bonds is 3. The number of ether oxygens (including phenoxy) is 2. The zero-order chi connectivity index (χ0) is 14.1. The second-order valence-electron chi connectivity index (χ2n) is 6.26. The normalized spacial score (nSPS) is 25.9. The lowest BCUT2D eigenvalue weighted by Gasteiger charge is -2.42. The summed E-state index contributed by atoms with van der Waals surface area (Å²) < 4.78 is 10.9. The molecule has 1 atom stereocenters. The molecule has 19 heavy (non-hydrogen) atoms. The van der Waals surface area contributed by atoms with Gasteiger partial charge in [0.05, 0.1) is 25.4 Å². The Morgan fingerprint density at radius 2 is 1.63 bits per heavy atom. The quantitative estimate of drug-likeness (QED) is 0.908. The summed E-state index contributed by atoms with van der Waals surface area (Å²) in [4.78, 5) is 0. The van der Waals surface area contributed by atoms with Gasteiger partial charge in [-0.3, -0.25) is 0 Å². The highest BCUT2D eigenvalue weighted by Crippen LogP contribution is 2.50. The number of hydrogen-bond donors (Lipinski definition) is 1.